The van der Waals surface area contributed by atoms with Crippen molar-refractivity contribution in [2.45, 2.75) is 6.54 Å². The molecule has 0 aliphatic rings. The summed E-state index contributed by atoms with van der Waals surface area (Å²) >= 11 is 7.08. The van der Waals surface area contributed by atoms with Crippen molar-refractivity contribution in [3.05, 3.63) is 81.1 Å². The van der Waals surface area contributed by atoms with Gasteiger partial charge in [-0.1, -0.05) is 41.1 Å². The Morgan fingerprint density at radius 1 is 1.04 bits per heavy atom. The number of halogens is 4. The van der Waals surface area contributed by atoms with Crippen molar-refractivity contribution < 1.29 is 18.0 Å². The van der Waals surface area contributed by atoms with Gasteiger partial charge in [-0.25, -0.2) is 13.2 Å². The summed E-state index contributed by atoms with van der Waals surface area (Å²) in [4.78, 5) is 12.1. The highest BCUT2D eigenvalue weighted by Gasteiger charge is 2.14. The van der Waals surface area contributed by atoms with Crippen molar-refractivity contribution >= 4 is 40.0 Å². The lowest BCUT2D eigenvalue weighted by atomic mass is 10.2. The number of nitrogens with zero attached hydrogens (tertiary/aromatic N) is 2. The van der Waals surface area contributed by atoms with Crippen LogP contribution in [0.15, 0.2) is 42.5 Å². The summed E-state index contributed by atoms with van der Waals surface area (Å²) in [5.41, 5.74) is 1.07. The van der Waals surface area contributed by atoms with Crippen LogP contribution in [-0.4, -0.2) is 16.1 Å². The number of aromatic nitrogens is 2. The lowest BCUT2D eigenvalue weighted by molar-refractivity contribution is 0.0950. The molecule has 0 radical (unpaired) electrons. The first-order valence-corrected chi connectivity index (χ1v) is 8.80. The Balaban J connectivity index is 1.67. The van der Waals surface area contributed by atoms with Crippen molar-refractivity contribution in [1.29, 1.82) is 0 Å². The molecule has 3 aromatic rings. The molecule has 1 aromatic heterocycles. The Hall–Kier alpha value is -2.71. The quantitative estimate of drug-likeness (QED) is 0.668. The first-order valence-electron chi connectivity index (χ1n) is 7.61. The van der Waals surface area contributed by atoms with Crippen LogP contribution in [0.25, 0.3) is 11.1 Å². The molecule has 0 aliphatic heterocycles. The fourth-order valence-corrected chi connectivity index (χ4v) is 3.03. The molecule has 4 nitrogen and oxygen atoms in total. The van der Waals surface area contributed by atoms with E-state index in [9.17, 15) is 18.0 Å². The van der Waals surface area contributed by atoms with Crippen LogP contribution in [0.3, 0.4) is 0 Å². The fourth-order valence-electron chi connectivity index (χ4n) is 2.08. The molecule has 3 rings (SSSR count). The van der Waals surface area contributed by atoms with Gasteiger partial charge in [0.25, 0.3) is 5.91 Å². The van der Waals surface area contributed by atoms with Gasteiger partial charge < -0.3 is 5.32 Å². The van der Waals surface area contributed by atoms with Crippen LogP contribution in [0.1, 0.15) is 25.9 Å². The van der Waals surface area contributed by atoms with Gasteiger partial charge >= 0.3 is 0 Å². The Morgan fingerprint density at radius 3 is 2.44 bits per heavy atom. The molecule has 0 spiro atoms. The van der Waals surface area contributed by atoms with Crippen LogP contribution in [0.4, 0.5) is 13.2 Å². The molecule has 138 valence electrons. The zero-order valence-corrected chi connectivity index (χ0v) is 15.1. The molecule has 2 aromatic carbocycles. The number of hydrogen-bond acceptors (Lipinski definition) is 4. The third-order valence-corrected chi connectivity index (χ3v) is 4.78. The summed E-state index contributed by atoms with van der Waals surface area (Å²) in [5.74, 6) is -2.77. The first-order chi connectivity index (χ1) is 12.9. The SMILES string of the molecule is O=C(NCc1ccc(F)cc1)c1nnc(C(Cl)=Cc2ccc(F)c(F)c2)s1. The molecular formula is C18H11ClF3N3OS. The molecule has 0 atom stereocenters. The van der Waals surface area contributed by atoms with Gasteiger partial charge in [0.15, 0.2) is 16.6 Å². The Kier molecular flexibility index (Phi) is 5.88. The third kappa shape index (κ3) is 4.93. The smallest absolute Gasteiger partial charge is 0.282 e. The maximum absolute atomic E-state index is 13.2. The minimum Gasteiger partial charge on any atom is -0.346 e. The van der Waals surface area contributed by atoms with E-state index >= 15 is 0 Å². The molecule has 0 fully saturated rings. The highest BCUT2D eigenvalue weighted by molar-refractivity contribution is 7.15. The number of amides is 1. The second-order valence-electron chi connectivity index (χ2n) is 5.39. The molecular weight excluding hydrogens is 399 g/mol. The van der Waals surface area contributed by atoms with Gasteiger partial charge in [0.05, 0.1) is 5.03 Å². The molecule has 0 aliphatic carbocycles. The van der Waals surface area contributed by atoms with E-state index in [1.165, 1.54) is 24.3 Å². The predicted octanol–water partition coefficient (Wildman–Crippen LogP) is 4.62. The van der Waals surface area contributed by atoms with E-state index in [0.717, 1.165) is 29.0 Å². The Morgan fingerprint density at radius 2 is 1.74 bits per heavy atom. The minimum atomic E-state index is -0.994. The van der Waals surface area contributed by atoms with Crippen molar-refractivity contribution in [2.75, 3.05) is 0 Å². The summed E-state index contributed by atoms with van der Waals surface area (Å²) in [6.07, 6.45) is 1.39. The number of benzene rings is 2. The van der Waals surface area contributed by atoms with Gasteiger partial charge in [-0.15, -0.1) is 10.2 Å². The summed E-state index contributed by atoms with van der Waals surface area (Å²) in [5, 5.41) is 10.7. The lowest BCUT2D eigenvalue weighted by Gasteiger charge is -2.02. The zero-order chi connectivity index (χ0) is 19.4. The van der Waals surface area contributed by atoms with Crippen molar-refractivity contribution in [3.63, 3.8) is 0 Å². The van der Waals surface area contributed by atoms with Crippen LogP contribution in [0, 0.1) is 17.5 Å². The molecule has 0 unspecified atom stereocenters. The lowest BCUT2D eigenvalue weighted by Crippen LogP contribution is -2.22. The second-order valence-corrected chi connectivity index (χ2v) is 6.77. The molecule has 27 heavy (non-hydrogen) atoms. The fraction of sp³-hybridized carbons (Fsp3) is 0.0556. The van der Waals surface area contributed by atoms with Crippen LogP contribution in [0.2, 0.25) is 0 Å². The average Bonchev–Trinajstić information content (AvgIpc) is 3.14. The molecule has 0 saturated carbocycles. The Labute approximate surface area is 161 Å². The van der Waals surface area contributed by atoms with E-state index < -0.39 is 17.5 Å². The largest absolute Gasteiger partial charge is 0.346 e. The molecule has 1 heterocycles. The number of rotatable bonds is 5. The zero-order valence-electron chi connectivity index (χ0n) is 13.5. The van der Waals surface area contributed by atoms with E-state index in [1.54, 1.807) is 12.1 Å². The van der Waals surface area contributed by atoms with Crippen LogP contribution < -0.4 is 5.32 Å². The van der Waals surface area contributed by atoms with Gasteiger partial charge in [0, 0.05) is 6.54 Å². The predicted molar refractivity (Wildman–Crippen MR) is 97.6 cm³/mol. The number of nitrogens with one attached hydrogen (secondary N) is 1. The third-order valence-electron chi connectivity index (χ3n) is 3.43. The second kappa shape index (κ2) is 8.32. The summed E-state index contributed by atoms with van der Waals surface area (Å²) in [7, 11) is 0. The monoisotopic (exact) mass is 409 g/mol. The minimum absolute atomic E-state index is 0.0870. The van der Waals surface area contributed by atoms with E-state index in [1.807, 2.05) is 0 Å². The van der Waals surface area contributed by atoms with Gasteiger partial charge in [0.2, 0.25) is 5.01 Å². The standard InChI is InChI=1S/C18H11ClF3N3OS/c19-13(7-11-3-6-14(21)15(22)8-11)17-24-25-18(27-17)16(26)23-9-10-1-4-12(20)5-2-10/h1-8H,9H2,(H,23,26). The summed E-state index contributed by atoms with van der Waals surface area (Å²) < 4.78 is 39.1. The van der Waals surface area contributed by atoms with E-state index in [4.69, 9.17) is 11.6 Å². The van der Waals surface area contributed by atoms with Crippen LogP contribution in [-0.2, 0) is 6.54 Å². The topological polar surface area (TPSA) is 54.9 Å². The molecule has 0 bridgehead atoms. The van der Waals surface area contributed by atoms with E-state index in [0.29, 0.717) is 5.56 Å². The Bertz CT molecular complexity index is 1010. The molecule has 1 N–H and O–H groups in total. The van der Waals surface area contributed by atoms with Gasteiger partial charge in [-0.05, 0) is 41.5 Å². The highest BCUT2D eigenvalue weighted by Crippen LogP contribution is 2.25. The summed E-state index contributed by atoms with van der Waals surface area (Å²) in [6, 6.07) is 9.05. The molecule has 0 saturated heterocycles. The number of carbonyl (C=O) groups is 1. The van der Waals surface area contributed by atoms with E-state index in [-0.39, 0.29) is 27.4 Å². The van der Waals surface area contributed by atoms with Crippen molar-refractivity contribution in [2.24, 2.45) is 0 Å². The molecule has 9 heteroatoms. The van der Waals surface area contributed by atoms with Crippen LogP contribution >= 0.6 is 22.9 Å². The maximum Gasteiger partial charge on any atom is 0.282 e. The van der Waals surface area contributed by atoms with Gasteiger partial charge in [-0.3, -0.25) is 4.79 Å². The normalized spacial score (nSPS) is 11.5. The first kappa shape index (κ1) is 19.1. The average molecular weight is 410 g/mol. The van der Waals surface area contributed by atoms with Crippen molar-refractivity contribution in [3.8, 4) is 0 Å². The highest BCUT2D eigenvalue weighted by atomic mass is 35.5. The van der Waals surface area contributed by atoms with Gasteiger partial charge in [0.1, 0.15) is 5.82 Å². The van der Waals surface area contributed by atoms with Crippen molar-refractivity contribution in [1.82, 2.24) is 15.5 Å². The number of hydrogen-bond donors (Lipinski definition) is 1. The molecule has 1 amide bonds. The van der Waals surface area contributed by atoms with E-state index in [2.05, 4.69) is 15.5 Å². The maximum atomic E-state index is 13.2. The number of carbonyl (C=O) groups excluding carboxylic acids is 1. The van der Waals surface area contributed by atoms with Crippen LogP contribution in [0.5, 0.6) is 0 Å². The van der Waals surface area contributed by atoms with Gasteiger partial charge in [-0.2, -0.15) is 0 Å². The summed E-state index contributed by atoms with van der Waals surface area (Å²) in [6.45, 7) is 0.201.